The zero-order valence-electron chi connectivity index (χ0n) is 17.2. The maximum absolute atomic E-state index is 11.6. The summed E-state index contributed by atoms with van der Waals surface area (Å²) >= 11 is 0. The largest absolute Gasteiger partial charge is 0.492 e. The molecule has 1 amide bonds. The van der Waals surface area contributed by atoms with Crippen LogP contribution in [0.15, 0.2) is 42.5 Å². The topological polar surface area (TPSA) is 64.6 Å². The quantitative estimate of drug-likeness (QED) is 0.528. The van der Waals surface area contributed by atoms with Crippen LogP contribution < -0.4 is 10.1 Å². The molecule has 5 heteroatoms. The number of hydrogen-bond donors (Lipinski definition) is 1. The van der Waals surface area contributed by atoms with Crippen LogP contribution in [-0.2, 0) is 4.74 Å². The van der Waals surface area contributed by atoms with Gasteiger partial charge in [0.2, 0.25) is 0 Å². The molecule has 0 fully saturated rings. The molecule has 0 unspecified atom stereocenters. The van der Waals surface area contributed by atoms with Crippen LogP contribution in [0.2, 0.25) is 0 Å². The Labute approximate surface area is 167 Å². The molecule has 28 heavy (non-hydrogen) atoms. The summed E-state index contributed by atoms with van der Waals surface area (Å²) in [5, 5.41) is 2.65. The Balaban J connectivity index is 2.02. The fraction of sp³-hybridized carbons (Fsp3) is 0.391. The van der Waals surface area contributed by atoms with Gasteiger partial charge in [0.15, 0.2) is 0 Å². The molecule has 0 aliphatic heterocycles. The third-order valence-corrected chi connectivity index (χ3v) is 4.01. The standard InChI is InChI=1S/C23H29NO4/c1-16(2)18-6-8-19(9-7-18)20-12-17(15-25)13-21(14-20)27-11-10-24-22(26)28-23(3,4)5/h6-9,12-16H,10-11H2,1-5H3,(H,24,26). The second-order valence-electron chi connectivity index (χ2n) is 7.96. The van der Waals surface area contributed by atoms with E-state index in [2.05, 4.69) is 31.3 Å². The molecular formula is C23H29NO4. The van der Waals surface area contributed by atoms with Gasteiger partial charge in [0.25, 0.3) is 0 Å². The summed E-state index contributed by atoms with van der Waals surface area (Å²) < 4.78 is 10.9. The molecular weight excluding hydrogens is 354 g/mol. The van der Waals surface area contributed by atoms with Gasteiger partial charge in [-0.3, -0.25) is 4.79 Å². The SMILES string of the molecule is CC(C)c1ccc(-c2cc(C=O)cc(OCCNC(=O)OC(C)(C)C)c2)cc1. The maximum atomic E-state index is 11.6. The van der Waals surface area contributed by atoms with Crippen LogP contribution in [0.4, 0.5) is 4.79 Å². The first kappa shape index (κ1) is 21.5. The van der Waals surface area contributed by atoms with Gasteiger partial charge in [-0.15, -0.1) is 0 Å². The van der Waals surface area contributed by atoms with Crippen molar-refractivity contribution in [3.05, 3.63) is 53.6 Å². The summed E-state index contributed by atoms with van der Waals surface area (Å²) in [6, 6.07) is 13.7. The van der Waals surface area contributed by atoms with Crippen molar-refractivity contribution < 1.29 is 19.1 Å². The lowest BCUT2D eigenvalue weighted by Crippen LogP contribution is -2.34. The molecule has 0 spiro atoms. The summed E-state index contributed by atoms with van der Waals surface area (Å²) in [6.45, 7) is 10.3. The number of hydrogen-bond acceptors (Lipinski definition) is 4. The fourth-order valence-electron chi connectivity index (χ4n) is 2.64. The van der Waals surface area contributed by atoms with Crippen LogP contribution >= 0.6 is 0 Å². The van der Waals surface area contributed by atoms with E-state index in [-0.39, 0.29) is 6.61 Å². The van der Waals surface area contributed by atoms with Gasteiger partial charge in [0.1, 0.15) is 24.2 Å². The van der Waals surface area contributed by atoms with Crippen molar-refractivity contribution in [3.63, 3.8) is 0 Å². The van der Waals surface area contributed by atoms with E-state index in [1.165, 1.54) is 5.56 Å². The van der Waals surface area contributed by atoms with Gasteiger partial charge in [0.05, 0.1) is 6.54 Å². The molecule has 0 aliphatic rings. The second kappa shape index (κ2) is 9.40. The molecule has 150 valence electrons. The van der Waals surface area contributed by atoms with Crippen LogP contribution in [0.1, 0.15) is 56.5 Å². The predicted molar refractivity (Wildman–Crippen MR) is 111 cm³/mol. The Hall–Kier alpha value is -2.82. The zero-order valence-corrected chi connectivity index (χ0v) is 17.2. The second-order valence-corrected chi connectivity index (χ2v) is 7.96. The average molecular weight is 383 g/mol. The van der Waals surface area contributed by atoms with Crippen molar-refractivity contribution in [2.24, 2.45) is 0 Å². The molecule has 0 bridgehead atoms. The van der Waals surface area contributed by atoms with Gasteiger partial charge in [-0.25, -0.2) is 4.79 Å². The van der Waals surface area contributed by atoms with E-state index in [1.807, 2.05) is 45.0 Å². The predicted octanol–water partition coefficient (Wildman–Crippen LogP) is 5.19. The highest BCUT2D eigenvalue weighted by Gasteiger charge is 2.15. The summed E-state index contributed by atoms with van der Waals surface area (Å²) in [7, 11) is 0. The van der Waals surface area contributed by atoms with Crippen LogP contribution in [-0.4, -0.2) is 31.1 Å². The molecule has 0 aliphatic carbocycles. The van der Waals surface area contributed by atoms with Crippen molar-refractivity contribution in [2.45, 2.75) is 46.1 Å². The number of rotatable bonds is 7. The normalized spacial score (nSPS) is 11.2. The molecule has 2 rings (SSSR count). The summed E-state index contributed by atoms with van der Waals surface area (Å²) in [4.78, 5) is 23.0. The molecule has 0 saturated heterocycles. The van der Waals surface area contributed by atoms with Crippen LogP contribution in [0.25, 0.3) is 11.1 Å². The molecule has 0 aromatic heterocycles. The number of ether oxygens (including phenoxy) is 2. The Kier molecular flexibility index (Phi) is 7.21. The Bertz CT molecular complexity index is 804. The number of aldehydes is 1. The highest BCUT2D eigenvalue weighted by atomic mass is 16.6. The third kappa shape index (κ3) is 6.72. The Morgan fingerprint density at radius 2 is 1.75 bits per heavy atom. The lowest BCUT2D eigenvalue weighted by Gasteiger charge is -2.19. The van der Waals surface area contributed by atoms with E-state index < -0.39 is 11.7 Å². The first-order valence-electron chi connectivity index (χ1n) is 9.48. The number of amides is 1. The summed E-state index contributed by atoms with van der Waals surface area (Å²) in [5.41, 5.74) is 3.20. The average Bonchev–Trinajstić information content (AvgIpc) is 2.63. The Morgan fingerprint density at radius 3 is 2.32 bits per heavy atom. The van der Waals surface area contributed by atoms with Crippen LogP contribution in [0, 0.1) is 0 Å². The minimum atomic E-state index is -0.538. The van der Waals surface area contributed by atoms with Crippen molar-refractivity contribution in [2.75, 3.05) is 13.2 Å². The lowest BCUT2D eigenvalue weighted by molar-refractivity contribution is 0.0520. The van der Waals surface area contributed by atoms with E-state index in [4.69, 9.17) is 9.47 Å². The summed E-state index contributed by atoms with van der Waals surface area (Å²) in [6.07, 6.45) is 0.321. The van der Waals surface area contributed by atoms with E-state index in [1.54, 1.807) is 6.07 Å². The van der Waals surface area contributed by atoms with E-state index in [9.17, 15) is 9.59 Å². The highest BCUT2D eigenvalue weighted by molar-refractivity contribution is 5.80. The van der Waals surface area contributed by atoms with Gasteiger partial charge < -0.3 is 14.8 Å². The van der Waals surface area contributed by atoms with Crippen molar-refractivity contribution >= 4 is 12.4 Å². The Morgan fingerprint density at radius 1 is 1.07 bits per heavy atom. The van der Waals surface area contributed by atoms with Crippen LogP contribution in [0.5, 0.6) is 5.75 Å². The van der Waals surface area contributed by atoms with Gasteiger partial charge in [-0.1, -0.05) is 38.1 Å². The molecule has 5 nitrogen and oxygen atoms in total. The number of alkyl carbamates (subject to hydrolysis) is 1. The van der Waals surface area contributed by atoms with Crippen LogP contribution in [0.3, 0.4) is 0 Å². The van der Waals surface area contributed by atoms with Gasteiger partial charge in [-0.05, 0) is 61.6 Å². The van der Waals surface area contributed by atoms with E-state index >= 15 is 0 Å². The van der Waals surface area contributed by atoms with Gasteiger partial charge in [-0.2, -0.15) is 0 Å². The van der Waals surface area contributed by atoms with Gasteiger partial charge >= 0.3 is 6.09 Å². The smallest absolute Gasteiger partial charge is 0.407 e. The molecule has 0 atom stereocenters. The number of carbonyl (C=O) groups is 2. The molecule has 0 heterocycles. The molecule has 1 N–H and O–H groups in total. The molecule has 0 radical (unpaired) electrons. The number of benzene rings is 2. The monoisotopic (exact) mass is 383 g/mol. The maximum Gasteiger partial charge on any atom is 0.407 e. The van der Waals surface area contributed by atoms with Crippen molar-refractivity contribution in [1.82, 2.24) is 5.32 Å². The highest BCUT2D eigenvalue weighted by Crippen LogP contribution is 2.27. The first-order valence-corrected chi connectivity index (χ1v) is 9.48. The van der Waals surface area contributed by atoms with Gasteiger partial charge in [0, 0.05) is 5.56 Å². The third-order valence-electron chi connectivity index (χ3n) is 4.01. The number of carbonyl (C=O) groups excluding carboxylic acids is 2. The van der Waals surface area contributed by atoms with Crippen molar-refractivity contribution in [1.29, 1.82) is 0 Å². The summed E-state index contributed by atoms with van der Waals surface area (Å²) in [5.74, 6) is 1.05. The number of nitrogens with one attached hydrogen (secondary N) is 1. The molecule has 2 aromatic carbocycles. The lowest BCUT2D eigenvalue weighted by atomic mass is 9.98. The fourth-order valence-corrected chi connectivity index (χ4v) is 2.64. The first-order chi connectivity index (χ1) is 13.2. The molecule has 2 aromatic rings. The van der Waals surface area contributed by atoms with Crippen molar-refractivity contribution in [3.8, 4) is 16.9 Å². The van der Waals surface area contributed by atoms with E-state index in [0.29, 0.717) is 23.8 Å². The van der Waals surface area contributed by atoms with E-state index in [0.717, 1.165) is 17.4 Å². The molecule has 0 saturated carbocycles. The minimum Gasteiger partial charge on any atom is -0.492 e. The minimum absolute atomic E-state index is 0.271. The zero-order chi connectivity index (χ0) is 20.7.